The molecule has 0 spiro atoms. The zero-order valence-electron chi connectivity index (χ0n) is 11.6. The molecule has 0 radical (unpaired) electrons. The van der Waals surface area contributed by atoms with Crippen LogP contribution < -0.4 is 21.7 Å². The molecule has 2 aromatic rings. The summed E-state index contributed by atoms with van der Waals surface area (Å²) in [6.07, 6.45) is 0. The minimum absolute atomic E-state index is 0.221. The fraction of sp³-hybridized carbons (Fsp3) is 0.143. The number of hydrogen-bond acceptors (Lipinski definition) is 6. The number of aromatic nitrogens is 2. The monoisotopic (exact) mass is 300 g/mol. The van der Waals surface area contributed by atoms with Crippen LogP contribution in [0.1, 0.15) is 15.9 Å². The lowest BCUT2D eigenvalue weighted by Gasteiger charge is -2.09. The smallest absolute Gasteiger partial charge is 0.329 e. The number of nitriles is 1. The van der Waals surface area contributed by atoms with Gasteiger partial charge in [0, 0.05) is 7.05 Å². The Bertz CT molecular complexity index is 889. The van der Waals surface area contributed by atoms with Gasteiger partial charge in [0.2, 0.25) is 5.78 Å². The van der Waals surface area contributed by atoms with E-state index in [2.05, 4.69) is 0 Å². The van der Waals surface area contributed by atoms with Crippen molar-refractivity contribution in [1.82, 2.24) is 9.55 Å². The number of para-hydroxylation sites is 1. The summed E-state index contributed by atoms with van der Waals surface area (Å²) in [7, 11) is 1.33. The van der Waals surface area contributed by atoms with E-state index >= 15 is 0 Å². The highest BCUT2D eigenvalue weighted by Gasteiger charge is 2.19. The molecule has 1 aromatic carbocycles. The van der Waals surface area contributed by atoms with Crippen LogP contribution in [0.3, 0.4) is 0 Å². The van der Waals surface area contributed by atoms with Gasteiger partial charge in [0.05, 0.1) is 5.56 Å². The average Bonchev–Trinajstić information content (AvgIpc) is 2.51. The van der Waals surface area contributed by atoms with Crippen LogP contribution in [0, 0.1) is 11.3 Å². The Morgan fingerprint density at radius 3 is 2.77 bits per heavy atom. The van der Waals surface area contributed by atoms with Crippen molar-refractivity contribution in [1.29, 1.82) is 5.26 Å². The third kappa shape index (κ3) is 2.73. The molecule has 8 nitrogen and oxygen atoms in total. The molecule has 1 heterocycles. The van der Waals surface area contributed by atoms with Crippen molar-refractivity contribution in [3.63, 3.8) is 0 Å². The summed E-state index contributed by atoms with van der Waals surface area (Å²) in [6.45, 7) is -0.482. The first-order chi connectivity index (χ1) is 10.5. The van der Waals surface area contributed by atoms with Gasteiger partial charge in [-0.25, -0.2) is 4.79 Å². The molecule has 1 aromatic heterocycles. The number of H-pyrrole nitrogens is 1. The summed E-state index contributed by atoms with van der Waals surface area (Å²) in [5.74, 6) is -0.712. The number of nitrogen functional groups attached to an aromatic ring is 1. The van der Waals surface area contributed by atoms with E-state index in [4.69, 9.17) is 15.7 Å². The molecule has 8 heteroatoms. The SMILES string of the molecule is Cn1c(N)c(C(=O)COc2ccccc2C#N)c(=O)[nH]c1=O. The fourth-order valence-electron chi connectivity index (χ4n) is 1.81. The summed E-state index contributed by atoms with van der Waals surface area (Å²) >= 11 is 0. The first-order valence-corrected chi connectivity index (χ1v) is 6.19. The minimum atomic E-state index is -0.872. The number of ketones is 1. The van der Waals surface area contributed by atoms with E-state index in [0.717, 1.165) is 4.57 Å². The highest BCUT2D eigenvalue weighted by molar-refractivity contribution is 6.00. The van der Waals surface area contributed by atoms with Gasteiger partial charge in [-0.3, -0.25) is 19.1 Å². The maximum absolute atomic E-state index is 12.1. The zero-order chi connectivity index (χ0) is 16.3. The van der Waals surface area contributed by atoms with E-state index in [1.165, 1.54) is 19.2 Å². The molecule has 0 amide bonds. The number of rotatable bonds is 4. The second kappa shape index (κ2) is 5.97. The van der Waals surface area contributed by atoms with Crippen LogP contribution in [0.15, 0.2) is 33.9 Å². The standard InChI is InChI=1S/C14H12N4O4/c1-18-12(16)11(13(20)17-14(18)21)9(19)7-22-10-5-3-2-4-8(10)6-15/h2-5H,7,16H2,1H3,(H,17,20,21). The van der Waals surface area contributed by atoms with Gasteiger partial charge in [0.25, 0.3) is 5.56 Å². The van der Waals surface area contributed by atoms with Crippen LogP contribution in [0.2, 0.25) is 0 Å². The van der Waals surface area contributed by atoms with Crippen LogP contribution in [0.5, 0.6) is 5.75 Å². The van der Waals surface area contributed by atoms with Gasteiger partial charge in [0.15, 0.2) is 6.61 Å². The Balaban J connectivity index is 2.28. The van der Waals surface area contributed by atoms with Crippen molar-refractivity contribution < 1.29 is 9.53 Å². The van der Waals surface area contributed by atoms with Gasteiger partial charge < -0.3 is 10.5 Å². The molecule has 112 valence electrons. The predicted octanol–water partition coefficient (Wildman–Crippen LogP) is -0.211. The summed E-state index contributed by atoms with van der Waals surface area (Å²) in [4.78, 5) is 37.2. The normalized spacial score (nSPS) is 10.0. The maximum atomic E-state index is 12.1. The van der Waals surface area contributed by atoms with E-state index in [-0.39, 0.29) is 22.7 Å². The molecule has 0 fully saturated rings. The largest absolute Gasteiger partial charge is 0.484 e. The number of hydrogen-bond donors (Lipinski definition) is 2. The van der Waals surface area contributed by atoms with E-state index in [0.29, 0.717) is 0 Å². The van der Waals surface area contributed by atoms with Crippen molar-refractivity contribution in [3.05, 3.63) is 56.2 Å². The molecule has 0 aliphatic rings. The van der Waals surface area contributed by atoms with E-state index in [9.17, 15) is 14.4 Å². The van der Waals surface area contributed by atoms with E-state index in [1.54, 1.807) is 12.1 Å². The van der Waals surface area contributed by atoms with Crippen LogP contribution in [-0.4, -0.2) is 21.9 Å². The van der Waals surface area contributed by atoms with Crippen molar-refractivity contribution >= 4 is 11.6 Å². The number of ether oxygens (including phenoxy) is 1. The number of nitrogens with two attached hydrogens (primary N) is 1. The third-order valence-electron chi connectivity index (χ3n) is 3.01. The van der Waals surface area contributed by atoms with E-state index < -0.39 is 23.6 Å². The second-order valence-electron chi connectivity index (χ2n) is 4.40. The van der Waals surface area contributed by atoms with Crippen LogP contribution in [0.25, 0.3) is 0 Å². The molecule has 0 atom stereocenters. The van der Waals surface area contributed by atoms with Gasteiger partial charge >= 0.3 is 5.69 Å². The lowest BCUT2D eigenvalue weighted by molar-refractivity contribution is 0.0920. The number of benzene rings is 1. The number of anilines is 1. The minimum Gasteiger partial charge on any atom is -0.484 e. The summed E-state index contributed by atoms with van der Waals surface area (Å²) in [6, 6.07) is 8.29. The van der Waals surface area contributed by atoms with Gasteiger partial charge in [-0.2, -0.15) is 5.26 Å². The molecule has 0 aliphatic carbocycles. The number of carbonyl (C=O) groups excluding carboxylic acids is 1. The number of carbonyl (C=O) groups is 1. The Morgan fingerprint density at radius 2 is 2.09 bits per heavy atom. The van der Waals surface area contributed by atoms with Crippen molar-refractivity contribution in [2.75, 3.05) is 12.3 Å². The second-order valence-corrected chi connectivity index (χ2v) is 4.40. The quantitative estimate of drug-likeness (QED) is 0.751. The van der Waals surface area contributed by atoms with E-state index in [1.807, 2.05) is 11.1 Å². The Labute approximate surface area is 124 Å². The van der Waals surface area contributed by atoms with Crippen molar-refractivity contribution in [3.8, 4) is 11.8 Å². The molecular weight excluding hydrogens is 288 g/mol. The fourth-order valence-corrected chi connectivity index (χ4v) is 1.81. The number of Topliss-reactive ketones (excluding diaryl/α,β-unsaturated/α-hetero) is 1. The van der Waals surface area contributed by atoms with Gasteiger partial charge in [-0.05, 0) is 12.1 Å². The lowest BCUT2D eigenvalue weighted by atomic mass is 10.2. The lowest BCUT2D eigenvalue weighted by Crippen LogP contribution is -2.36. The molecule has 2 rings (SSSR count). The van der Waals surface area contributed by atoms with Gasteiger partial charge in [0.1, 0.15) is 23.2 Å². The summed E-state index contributed by atoms with van der Waals surface area (Å²) in [5, 5.41) is 8.93. The van der Waals surface area contributed by atoms with Crippen LogP contribution >= 0.6 is 0 Å². The van der Waals surface area contributed by atoms with Gasteiger partial charge in [-0.15, -0.1) is 0 Å². The third-order valence-corrected chi connectivity index (χ3v) is 3.01. The predicted molar refractivity (Wildman–Crippen MR) is 77.7 cm³/mol. The topological polar surface area (TPSA) is 131 Å². The molecule has 0 saturated heterocycles. The Morgan fingerprint density at radius 1 is 1.41 bits per heavy atom. The number of nitrogens with zero attached hydrogens (tertiary/aromatic N) is 2. The zero-order valence-corrected chi connectivity index (χ0v) is 11.6. The van der Waals surface area contributed by atoms with Gasteiger partial charge in [-0.1, -0.05) is 12.1 Å². The molecule has 0 aliphatic heterocycles. The molecule has 0 bridgehead atoms. The summed E-state index contributed by atoms with van der Waals surface area (Å²) in [5.41, 5.74) is 3.95. The maximum Gasteiger partial charge on any atom is 0.329 e. The average molecular weight is 300 g/mol. The van der Waals surface area contributed by atoms with Crippen molar-refractivity contribution in [2.24, 2.45) is 7.05 Å². The first kappa shape index (κ1) is 15.1. The van der Waals surface area contributed by atoms with Crippen LogP contribution in [0.4, 0.5) is 5.82 Å². The first-order valence-electron chi connectivity index (χ1n) is 6.19. The molecule has 0 saturated carbocycles. The van der Waals surface area contributed by atoms with Crippen molar-refractivity contribution in [2.45, 2.75) is 0 Å². The Kier molecular flexibility index (Phi) is 4.08. The molecule has 0 unspecified atom stereocenters. The number of aromatic amines is 1. The highest BCUT2D eigenvalue weighted by atomic mass is 16.5. The van der Waals surface area contributed by atoms with Crippen LogP contribution in [-0.2, 0) is 7.05 Å². The molecule has 3 N–H and O–H groups in total. The Hall–Kier alpha value is -3.34. The molecular formula is C14H12N4O4. The number of nitrogens with one attached hydrogen (secondary N) is 1. The summed E-state index contributed by atoms with van der Waals surface area (Å²) < 4.78 is 6.21. The molecule has 22 heavy (non-hydrogen) atoms. The highest BCUT2D eigenvalue weighted by Crippen LogP contribution is 2.17.